The quantitative estimate of drug-likeness (QED) is 0.202. The fraction of sp³-hybridized carbons (Fsp3) is 0.400. The summed E-state index contributed by atoms with van der Waals surface area (Å²) in [5.74, 6) is -0.673. The summed E-state index contributed by atoms with van der Waals surface area (Å²) in [6, 6.07) is 15.8. The third kappa shape index (κ3) is 8.41. The summed E-state index contributed by atoms with van der Waals surface area (Å²) in [4.78, 5) is 36.8. The van der Waals surface area contributed by atoms with Gasteiger partial charge in [0.25, 0.3) is 5.91 Å². The largest absolute Gasteiger partial charge is 0.458 e. The van der Waals surface area contributed by atoms with E-state index in [1.54, 1.807) is 24.3 Å². The van der Waals surface area contributed by atoms with Gasteiger partial charge in [-0.05, 0) is 76.3 Å². The van der Waals surface area contributed by atoms with Crippen molar-refractivity contribution in [3.63, 3.8) is 0 Å². The molecule has 1 saturated carbocycles. The molecule has 0 unspecified atom stereocenters. The second kappa shape index (κ2) is 12.8. The van der Waals surface area contributed by atoms with Crippen molar-refractivity contribution in [1.82, 2.24) is 10.6 Å². The molecule has 10 heteroatoms. The number of fused-ring (bicyclic) bond motifs is 1. The van der Waals surface area contributed by atoms with E-state index in [0.29, 0.717) is 16.5 Å². The van der Waals surface area contributed by atoms with Crippen molar-refractivity contribution in [2.45, 2.75) is 70.8 Å². The first-order chi connectivity index (χ1) is 19.1. The number of alkyl carbamates (subject to hydrolysis) is 1. The molecule has 2 aromatic carbocycles. The van der Waals surface area contributed by atoms with Crippen molar-refractivity contribution in [2.24, 2.45) is 0 Å². The molecular weight excluding hydrogens is 514 g/mol. The first-order valence-corrected chi connectivity index (χ1v) is 13.3. The van der Waals surface area contributed by atoms with Crippen LogP contribution in [0.5, 0.6) is 0 Å². The number of carbonyl (C=O) groups is 3. The number of furan rings is 1. The van der Waals surface area contributed by atoms with Gasteiger partial charge in [0.1, 0.15) is 30.2 Å². The molecule has 10 nitrogen and oxygen atoms in total. The number of carbonyl (C=O) groups excluding carboxylic acids is 3. The van der Waals surface area contributed by atoms with Crippen LogP contribution < -0.4 is 10.6 Å². The van der Waals surface area contributed by atoms with Crippen LogP contribution >= 0.6 is 0 Å². The monoisotopic (exact) mass is 549 g/mol. The van der Waals surface area contributed by atoms with E-state index in [1.165, 1.54) is 0 Å². The zero-order valence-electron chi connectivity index (χ0n) is 23.0. The van der Waals surface area contributed by atoms with Gasteiger partial charge in [0.2, 0.25) is 0 Å². The van der Waals surface area contributed by atoms with E-state index in [0.717, 1.165) is 31.2 Å². The van der Waals surface area contributed by atoms with Crippen LogP contribution in [0.25, 0.3) is 11.0 Å². The molecule has 0 spiro atoms. The Labute approximate surface area is 232 Å². The second-order valence-electron chi connectivity index (χ2n) is 10.8. The van der Waals surface area contributed by atoms with Crippen molar-refractivity contribution in [3.8, 4) is 0 Å². The Bertz CT molecular complexity index is 1350. The molecule has 0 bridgehead atoms. The lowest BCUT2D eigenvalue weighted by Gasteiger charge is -2.29. The molecule has 4 rings (SSSR count). The summed E-state index contributed by atoms with van der Waals surface area (Å²) in [5, 5.41) is 14.3. The van der Waals surface area contributed by atoms with E-state index in [2.05, 4.69) is 10.6 Å². The summed E-state index contributed by atoms with van der Waals surface area (Å²) in [5.41, 5.74) is 1.24. The van der Waals surface area contributed by atoms with Crippen molar-refractivity contribution in [2.75, 3.05) is 6.61 Å². The fourth-order valence-corrected chi connectivity index (χ4v) is 4.43. The fourth-order valence-electron chi connectivity index (χ4n) is 4.43. The van der Waals surface area contributed by atoms with Crippen molar-refractivity contribution in [3.05, 3.63) is 71.5 Å². The second-order valence-corrected chi connectivity index (χ2v) is 10.8. The van der Waals surface area contributed by atoms with Crippen LogP contribution in [0, 0.1) is 5.41 Å². The van der Waals surface area contributed by atoms with Gasteiger partial charge >= 0.3 is 12.1 Å². The van der Waals surface area contributed by atoms with Crippen molar-refractivity contribution in [1.29, 1.82) is 5.41 Å². The van der Waals surface area contributed by atoms with Crippen LogP contribution in [-0.2, 0) is 25.6 Å². The summed E-state index contributed by atoms with van der Waals surface area (Å²) in [6.07, 6.45) is 2.10. The number of hydrogen-bond acceptors (Lipinski definition) is 8. The van der Waals surface area contributed by atoms with E-state index >= 15 is 0 Å². The summed E-state index contributed by atoms with van der Waals surface area (Å²) < 4.78 is 21.9. The van der Waals surface area contributed by atoms with Gasteiger partial charge in [-0.25, -0.2) is 9.59 Å². The van der Waals surface area contributed by atoms with E-state index in [9.17, 15) is 14.4 Å². The van der Waals surface area contributed by atoms with Gasteiger partial charge in [0, 0.05) is 17.0 Å². The Hall–Kier alpha value is -4.18. The number of esters is 1. The van der Waals surface area contributed by atoms with Gasteiger partial charge < -0.3 is 23.9 Å². The van der Waals surface area contributed by atoms with Crippen LogP contribution in [-0.4, -0.2) is 48.2 Å². The summed E-state index contributed by atoms with van der Waals surface area (Å²) in [6.45, 7) is 5.46. The first-order valence-electron chi connectivity index (χ1n) is 13.3. The summed E-state index contributed by atoms with van der Waals surface area (Å²) in [7, 11) is 0. The highest BCUT2D eigenvalue weighted by atomic mass is 16.6. The third-order valence-corrected chi connectivity index (χ3v) is 6.33. The van der Waals surface area contributed by atoms with Gasteiger partial charge in [0.05, 0.1) is 6.10 Å². The molecular formula is C30H35N3O7. The number of rotatable bonds is 8. The van der Waals surface area contributed by atoms with Crippen molar-refractivity contribution < 1.29 is 33.0 Å². The van der Waals surface area contributed by atoms with E-state index in [4.69, 9.17) is 24.0 Å². The maximum absolute atomic E-state index is 12.9. The number of hydrogen-bond donors (Lipinski definition) is 3. The van der Waals surface area contributed by atoms with E-state index in [-0.39, 0.29) is 48.8 Å². The maximum Gasteiger partial charge on any atom is 0.413 e. The minimum atomic E-state index is -0.730. The minimum Gasteiger partial charge on any atom is -0.458 e. The van der Waals surface area contributed by atoms with Crippen LogP contribution in [0.2, 0.25) is 0 Å². The number of amides is 2. The number of ether oxygens (including phenoxy) is 3. The van der Waals surface area contributed by atoms with Gasteiger partial charge in [0.15, 0.2) is 5.76 Å². The van der Waals surface area contributed by atoms with Gasteiger partial charge in [-0.1, -0.05) is 30.3 Å². The predicted molar refractivity (Wildman–Crippen MR) is 148 cm³/mol. The zero-order chi connectivity index (χ0) is 28.7. The first kappa shape index (κ1) is 28.8. The molecule has 0 saturated heterocycles. The molecule has 3 N–H and O–H groups in total. The average Bonchev–Trinajstić information content (AvgIpc) is 3.35. The molecule has 1 aliphatic rings. The Balaban J connectivity index is 1.24. The molecule has 1 aromatic heterocycles. The molecule has 0 aliphatic heterocycles. The lowest BCUT2D eigenvalue weighted by Crippen LogP contribution is -2.39. The van der Waals surface area contributed by atoms with Crippen LogP contribution in [0.15, 0.2) is 59.0 Å². The Morgan fingerprint density at radius 1 is 1.00 bits per heavy atom. The molecule has 2 amide bonds. The normalized spacial score (nSPS) is 17.2. The van der Waals surface area contributed by atoms with Crippen LogP contribution in [0.3, 0.4) is 0 Å². The molecule has 1 fully saturated rings. The van der Waals surface area contributed by atoms with E-state index in [1.807, 2.05) is 51.1 Å². The maximum atomic E-state index is 12.9. The smallest absolute Gasteiger partial charge is 0.413 e. The van der Waals surface area contributed by atoms with Gasteiger partial charge in [-0.15, -0.1) is 0 Å². The lowest BCUT2D eigenvalue weighted by atomic mass is 9.93. The molecule has 0 radical (unpaired) electrons. The summed E-state index contributed by atoms with van der Waals surface area (Å²) >= 11 is 0. The average molecular weight is 550 g/mol. The molecule has 212 valence electrons. The third-order valence-electron chi connectivity index (χ3n) is 6.33. The highest BCUT2D eigenvalue weighted by Gasteiger charge is 2.26. The highest BCUT2D eigenvalue weighted by molar-refractivity contribution is 6.06. The van der Waals surface area contributed by atoms with Crippen LogP contribution in [0.4, 0.5) is 4.79 Å². The topological polar surface area (TPSA) is 140 Å². The molecule has 1 heterocycles. The van der Waals surface area contributed by atoms with Gasteiger partial charge in [-0.3, -0.25) is 15.5 Å². The van der Waals surface area contributed by atoms with Crippen molar-refractivity contribution >= 4 is 34.8 Å². The number of amidine groups is 1. The number of nitrogens with one attached hydrogen (secondary N) is 3. The van der Waals surface area contributed by atoms with Crippen LogP contribution in [0.1, 0.15) is 68.1 Å². The minimum absolute atomic E-state index is 0.0306. The Morgan fingerprint density at radius 3 is 2.42 bits per heavy atom. The predicted octanol–water partition coefficient (Wildman–Crippen LogP) is 5.08. The Kier molecular flexibility index (Phi) is 9.21. The SMILES string of the molecule is CC(C)(C)OC(=O)CO[C@H]1CC[C@H](NC(=O)c2cc3cc(C(=N)NC(=O)OCc4ccccc4)ccc3o2)CC1. The highest BCUT2D eigenvalue weighted by Crippen LogP contribution is 2.24. The number of benzene rings is 2. The van der Waals surface area contributed by atoms with E-state index < -0.39 is 11.7 Å². The molecule has 0 atom stereocenters. The molecule has 1 aliphatic carbocycles. The zero-order valence-corrected chi connectivity index (χ0v) is 23.0. The lowest BCUT2D eigenvalue weighted by molar-refractivity contribution is -0.162. The Morgan fingerprint density at radius 2 is 1.73 bits per heavy atom. The molecule has 3 aromatic rings. The molecule has 40 heavy (non-hydrogen) atoms. The van der Waals surface area contributed by atoms with Gasteiger partial charge in [-0.2, -0.15) is 0 Å². The standard InChI is InChI=1S/C30H35N3O7/c1-30(2,3)40-26(34)18-37-23-12-10-22(11-13-23)32-28(35)25-16-21-15-20(9-14-24(21)39-25)27(31)33-29(36)38-17-19-7-5-4-6-8-19/h4-9,14-16,22-23H,10-13,17-18H2,1-3H3,(H,32,35)(H2,31,33,36)/t22-,23-.